The fourth-order valence-corrected chi connectivity index (χ4v) is 2.60. The highest BCUT2D eigenvalue weighted by Gasteiger charge is 2.24. The van der Waals surface area contributed by atoms with Crippen LogP contribution in [0.3, 0.4) is 0 Å². The van der Waals surface area contributed by atoms with E-state index >= 15 is 0 Å². The standard InChI is InChI=1S/C19H28N2/c1-4-11-21(14-17-9-10-17)15-19-8-6-5-7-18(19)13-20-12-16(2)3/h1,5-8,16-17,20H,9-15H2,2-3H3. The fourth-order valence-electron chi connectivity index (χ4n) is 2.60. The van der Waals surface area contributed by atoms with Gasteiger partial charge >= 0.3 is 0 Å². The van der Waals surface area contributed by atoms with Crippen molar-refractivity contribution in [2.24, 2.45) is 11.8 Å². The molecule has 0 bridgehead atoms. The summed E-state index contributed by atoms with van der Waals surface area (Å²) < 4.78 is 0. The number of nitrogens with one attached hydrogen (secondary N) is 1. The molecule has 1 aromatic rings. The fraction of sp³-hybridized carbons (Fsp3) is 0.579. The second-order valence-electron chi connectivity index (χ2n) is 6.61. The molecule has 0 amide bonds. The van der Waals surface area contributed by atoms with Gasteiger partial charge in [0.1, 0.15) is 0 Å². The SMILES string of the molecule is C#CCN(Cc1ccccc1CNCC(C)C)CC1CC1. The smallest absolute Gasteiger partial charge is 0.0601 e. The van der Waals surface area contributed by atoms with Gasteiger partial charge in [0.2, 0.25) is 0 Å². The lowest BCUT2D eigenvalue weighted by atomic mass is 10.1. The molecule has 114 valence electrons. The molecule has 1 fully saturated rings. The molecule has 2 nitrogen and oxygen atoms in total. The molecule has 1 aliphatic rings. The van der Waals surface area contributed by atoms with Crippen LogP contribution in [0.25, 0.3) is 0 Å². The van der Waals surface area contributed by atoms with E-state index in [-0.39, 0.29) is 0 Å². The van der Waals surface area contributed by atoms with Crippen LogP contribution in [-0.4, -0.2) is 24.5 Å². The van der Waals surface area contributed by atoms with E-state index in [2.05, 4.69) is 54.3 Å². The van der Waals surface area contributed by atoms with Crippen molar-refractivity contribution >= 4 is 0 Å². The molecular formula is C19H28N2. The molecule has 2 rings (SSSR count). The molecule has 0 aromatic heterocycles. The first kappa shape index (κ1) is 16.1. The summed E-state index contributed by atoms with van der Waals surface area (Å²) in [5.41, 5.74) is 2.81. The van der Waals surface area contributed by atoms with Gasteiger partial charge in [-0.05, 0) is 42.3 Å². The van der Waals surface area contributed by atoms with E-state index in [4.69, 9.17) is 6.42 Å². The maximum absolute atomic E-state index is 5.53. The Labute approximate surface area is 129 Å². The number of benzene rings is 1. The summed E-state index contributed by atoms with van der Waals surface area (Å²) in [5, 5.41) is 3.54. The van der Waals surface area contributed by atoms with Crippen LogP contribution in [0.5, 0.6) is 0 Å². The minimum atomic E-state index is 0.685. The lowest BCUT2D eigenvalue weighted by molar-refractivity contribution is 0.285. The van der Waals surface area contributed by atoms with Gasteiger partial charge in [-0.2, -0.15) is 0 Å². The normalized spacial score (nSPS) is 14.6. The van der Waals surface area contributed by atoms with Gasteiger partial charge in [0.25, 0.3) is 0 Å². The Bertz CT molecular complexity index is 469. The topological polar surface area (TPSA) is 15.3 Å². The summed E-state index contributed by atoms with van der Waals surface area (Å²) in [6.07, 6.45) is 8.27. The maximum atomic E-state index is 5.53. The molecule has 2 heteroatoms. The summed E-state index contributed by atoms with van der Waals surface area (Å²) in [5.74, 6) is 4.37. The van der Waals surface area contributed by atoms with Gasteiger partial charge in [-0.25, -0.2) is 0 Å². The van der Waals surface area contributed by atoms with Crippen LogP contribution in [0.1, 0.15) is 37.8 Å². The first-order valence-electron chi connectivity index (χ1n) is 8.12. The van der Waals surface area contributed by atoms with Crippen molar-refractivity contribution in [3.05, 3.63) is 35.4 Å². The molecule has 0 spiro atoms. The van der Waals surface area contributed by atoms with Crippen LogP contribution in [0.15, 0.2) is 24.3 Å². The summed E-state index contributed by atoms with van der Waals surface area (Å²) in [4.78, 5) is 2.42. The molecule has 0 atom stereocenters. The van der Waals surface area contributed by atoms with Crippen LogP contribution in [0.2, 0.25) is 0 Å². The lowest BCUT2D eigenvalue weighted by Crippen LogP contribution is -2.27. The number of terminal acetylenes is 1. The number of nitrogens with zero attached hydrogens (tertiary/aromatic N) is 1. The molecule has 1 N–H and O–H groups in total. The lowest BCUT2D eigenvalue weighted by Gasteiger charge is -2.21. The third kappa shape index (κ3) is 5.91. The van der Waals surface area contributed by atoms with Crippen molar-refractivity contribution in [3.8, 4) is 12.3 Å². The number of hydrogen-bond donors (Lipinski definition) is 1. The number of rotatable bonds is 9. The zero-order valence-electron chi connectivity index (χ0n) is 13.4. The van der Waals surface area contributed by atoms with Crippen molar-refractivity contribution in [1.82, 2.24) is 10.2 Å². The van der Waals surface area contributed by atoms with E-state index in [1.54, 1.807) is 0 Å². The van der Waals surface area contributed by atoms with Gasteiger partial charge in [0, 0.05) is 19.6 Å². The predicted octanol–water partition coefficient (Wildman–Crippen LogP) is 3.28. The third-order valence-corrected chi connectivity index (χ3v) is 3.91. The zero-order valence-corrected chi connectivity index (χ0v) is 13.4. The van der Waals surface area contributed by atoms with E-state index in [0.29, 0.717) is 5.92 Å². The summed E-state index contributed by atoms with van der Waals surface area (Å²) in [6.45, 7) is 9.36. The van der Waals surface area contributed by atoms with E-state index < -0.39 is 0 Å². The van der Waals surface area contributed by atoms with Gasteiger partial charge in [-0.3, -0.25) is 4.90 Å². The second kappa shape index (κ2) is 8.22. The van der Waals surface area contributed by atoms with Crippen molar-refractivity contribution < 1.29 is 0 Å². The van der Waals surface area contributed by atoms with Crippen molar-refractivity contribution in [3.63, 3.8) is 0 Å². The van der Waals surface area contributed by atoms with Crippen LogP contribution < -0.4 is 5.32 Å². The average molecular weight is 284 g/mol. The number of hydrogen-bond acceptors (Lipinski definition) is 2. The van der Waals surface area contributed by atoms with Crippen LogP contribution in [0, 0.1) is 24.2 Å². The van der Waals surface area contributed by atoms with Crippen LogP contribution >= 0.6 is 0 Å². The third-order valence-electron chi connectivity index (χ3n) is 3.91. The van der Waals surface area contributed by atoms with E-state index in [0.717, 1.165) is 38.6 Å². The summed E-state index contributed by atoms with van der Waals surface area (Å²) >= 11 is 0. The summed E-state index contributed by atoms with van der Waals surface area (Å²) in [6, 6.07) is 8.73. The first-order chi connectivity index (χ1) is 10.2. The Morgan fingerprint density at radius 2 is 2.00 bits per heavy atom. The molecular weight excluding hydrogens is 256 g/mol. The highest BCUT2D eigenvalue weighted by molar-refractivity contribution is 5.27. The van der Waals surface area contributed by atoms with Gasteiger partial charge < -0.3 is 5.32 Å². The predicted molar refractivity (Wildman–Crippen MR) is 89.8 cm³/mol. The Morgan fingerprint density at radius 3 is 2.62 bits per heavy atom. The van der Waals surface area contributed by atoms with Crippen molar-refractivity contribution in [2.75, 3.05) is 19.6 Å². The van der Waals surface area contributed by atoms with Crippen molar-refractivity contribution in [2.45, 2.75) is 39.8 Å². The Hall–Kier alpha value is -1.30. The molecule has 1 aliphatic carbocycles. The largest absolute Gasteiger partial charge is 0.312 e. The van der Waals surface area contributed by atoms with Gasteiger partial charge in [-0.1, -0.05) is 44.0 Å². The molecule has 0 unspecified atom stereocenters. The van der Waals surface area contributed by atoms with E-state index in [1.807, 2.05) is 0 Å². The Morgan fingerprint density at radius 1 is 1.29 bits per heavy atom. The highest BCUT2D eigenvalue weighted by atomic mass is 15.1. The highest BCUT2D eigenvalue weighted by Crippen LogP contribution is 2.30. The van der Waals surface area contributed by atoms with Gasteiger partial charge in [-0.15, -0.1) is 6.42 Å². The second-order valence-corrected chi connectivity index (χ2v) is 6.61. The monoisotopic (exact) mass is 284 g/mol. The maximum Gasteiger partial charge on any atom is 0.0601 e. The van der Waals surface area contributed by atoms with E-state index in [1.165, 1.54) is 24.0 Å². The zero-order chi connectivity index (χ0) is 15.1. The molecule has 1 aromatic carbocycles. The molecule has 21 heavy (non-hydrogen) atoms. The van der Waals surface area contributed by atoms with E-state index in [9.17, 15) is 0 Å². The summed E-state index contributed by atoms with van der Waals surface area (Å²) in [7, 11) is 0. The van der Waals surface area contributed by atoms with Crippen LogP contribution in [0.4, 0.5) is 0 Å². The minimum Gasteiger partial charge on any atom is -0.312 e. The van der Waals surface area contributed by atoms with Crippen LogP contribution in [-0.2, 0) is 13.1 Å². The first-order valence-corrected chi connectivity index (χ1v) is 8.12. The van der Waals surface area contributed by atoms with Crippen molar-refractivity contribution in [1.29, 1.82) is 0 Å². The molecule has 0 aliphatic heterocycles. The van der Waals surface area contributed by atoms with Gasteiger partial charge in [0.05, 0.1) is 6.54 Å². The quantitative estimate of drug-likeness (QED) is 0.700. The molecule has 1 saturated carbocycles. The molecule has 0 radical (unpaired) electrons. The average Bonchev–Trinajstić information content (AvgIpc) is 3.24. The Kier molecular flexibility index (Phi) is 6.29. The minimum absolute atomic E-state index is 0.685. The Balaban J connectivity index is 1.95. The molecule has 0 heterocycles. The molecule has 0 saturated heterocycles. The van der Waals surface area contributed by atoms with Gasteiger partial charge in [0.15, 0.2) is 0 Å².